The Hall–Kier alpha value is -1.18. The van der Waals surface area contributed by atoms with Crippen LogP contribution in [0.4, 0.5) is 10.1 Å². The van der Waals surface area contributed by atoms with Gasteiger partial charge in [0, 0.05) is 12.2 Å². The van der Waals surface area contributed by atoms with Crippen molar-refractivity contribution in [1.82, 2.24) is 4.72 Å². The Bertz CT molecular complexity index is 505. The van der Waals surface area contributed by atoms with Crippen LogP contribution < -0.4 is 10.5 Å². The van der Waals surface area contributed by atoms with Crippen LogP contribution in [0.3, 0.4) is 0 Å². The molecule has 0 saturated heterocycles. The molecule has 0 spiro atoms. The molecule has 0 radical (unpaired) electrons. The summed E-state index contributed by atoms with van der Waals surface area (Å²) in [5, 5.41) is 9.30. The van der Waals surface area contributed by atoms with Crippen LogP contribution in [-0.2, 0) is 10.0 Å². The molecule has 0 aliphatic heterocycles. The molecule has 5 nitrogen and oxygen atoms in total. The number of sulfonamides is 1. The third-order valence-corrected chi connectivity index (χ3v) is 3.96. The summed E-state index contributed by atoms with van der Waals surface area (Å²) in [7, 11) is -3.93. The fourth-order valence-electron chi connectivity index (χ4n) is 1.37. The van der Waals surface area contributed by atoms with Gasteiger partial charge >= 0.3 is 0 Å². The number of nitrogen functional groups attached to an aromatic ring is 1. The van der Waals surface area contributed by atoms with E-state index < -0.39 is 26.8 Å². The first-order valence-corrected chi connectivity index (χ1v) is 7.08. The van der Waals surface area contributed by atoms with Crippen molar-refractivity contribution in [3.05, 3.63) is 24.0 Å². The topological polar surface area (TPSA) is 92.4 Å². The summed E-state index contributed by atoms with van der Waals surface area (Å²) in [5.41, 5.74) is 5.60. The van der Waals surface area contributed by atoms with Crippen LogP contribution in [0.15, 0.2) is 23.1 Å². The molecule has 0 aromatic heterocycles. The van der Waals surface area contributed by atoms with E-state index in [1.165, 1.54) is 6.07 Å². The van der Waals surface area contributed by atoms with Gasteiger partial charge in [0.25, 0.3) is 0 Å². The number of nitrogens with one attached hydrogen (secondary N) is 1. The molecular formula is C11H17FN2O3S. The van der Waals surface area contributed by atoms with Crippen molar-refractivity contribution >= 4 is 15.7 Å². The third kappa shape index (κ3) is 3.94. The lowest BCUT2D eigenvalue weighted by molar-refractivity contribution is 0.162. The van der Waals surface area contributed by atoms with Gasteiger partial charge in [-0.1, -0.05) is 6.92 Å². The summed E-state index contributed by atoms with van der Waals surface area (Å²) in [5.74, 6) is -0.854. The van der Waals surface area contributed by atoms with E-state index in [4.69, 9.17) is 5.73 Å². The van der Waals surface area contributed by atoms with E-state index in [9.17, 15) is 17.9 Å². The molecule has 1 aromatic carbocycles. The van der Waals surface area contributed by atoms with Gasteiger partial charge < -0.3 is 10.8 Å². The smallest absolute Gasteiger partial charge is 0.243 e. The zero-order valence-electron chi connectivity index (χ0n) is 10.1. The van der Waals surface area contributed by atoms with Crippen LogP contribution in [0.2, 0.25) is 0 Å². The van der Waals surface area contributed by atoms with Crippen molar-refractivity contribution in [3.8, 4) is 0 Å². The van der Waals surface area contributed by atoms with Gasteiger partial charge in [0.15, 0.2) is 0 Å². The first-order valence-electron chi connectivity index (χ1n) is 5.59. The molecule has 0 saturated carbocycles. The molecular weight excluding hydrogens is 259 g/mol. The zero-order chi connectivity index (χ0) is 13.8. The molecule has 0 heterocycles. The number of nitrogens with two attached hydrogens (primary N) is 1. The second-order valence-corrected chi connectivity index (χ2v) is 5.67. The Morgan fingerprint density at radius 3 is 2.78 bits per heavy atom. The van der Waals surface area contributed by atoms with E-state index in [-0.39, 0.29) is 18.7 Å². The Balaban J connectivity index is 2.77. The molecule has 0 aliphatic rings. The Morgan fingerprint density at radius 1 is 1.50 bits per heavy atom. The predicted octanol–water partition coefficient (Wildman–Crippen LogP) is 0.847. The monoisotopic (exact) mass is 276 g/mol. The third-order valence-electron chi connectivity index (χ3n) is 2.49. The number of hydrogen-bond acceptors (Lipinski definition) is 4. The molecule has 0 fully saturated rings. The van der Waals surface area contributed by atoms with Crippen LogP contribution in [0.1, 0.15) is 19.8 Å². The van der Waals surface area contributed by atoms with Crippen molar-refractivity contribution < 1.29 is 17.9 Å². The van der Waals surface area contributed by atoms with Crippen LogP contribution in [0.25, 0.3) is 0 Å². The molecule has 0 bridgehead atoms. The number of aliphatic hydroxyl groups excluding tert-OH is 1. The Labute approximate surface area is 106 Å². The number of benzene rings is 1. The SMILES string of the molecule is CCC(O)CCNS(=O)(=O)c1cc(N)ccc1F. The van der Waals surface area contributed by atoms with E-state index >= 15 is 0 Å². The van der Waals surface area contributed by atoms with Crippen molar-refractivity contribution in [2.24, 2.45) is 0 Å². The number of aliphatic hydroxyl groups is 1. The molecule has 4 N–H and O–H groups in total. The fraction of sp³-hybridized carbons (Fsp3) is 0.455. The highest BCUT2D eigenvalue weighted by atomic mass is 32.2. The summed E-state index contributed by atoms with van der Waals surface area (Å²) in [6, 6.07) is 3.36. The largest absolute Gasteiger partial charge is 0.399 e. The summed E-state index contributed by atoms with van der Waals surface area (Å²) in [6.45, 7) is 1.84. The first kappa shape index (κ1) is 14.9. The minimum atomic E-state index is -3.93. The molecule has 1 rings (SSSR count). The molecule has 1 atom stereocenters. The van der Waals surface area contributed by atoms with Gasteiger partial charge in [-0.05, 0) is 31.0 Å². The molecule has 7 heteroatoms. The molecule has 1 unspecified atom stereocenters. The Kier molecular flexibility index (Phi) is 5.06. The molecule has 102 valence electrons. The normalized spacial score (nSPS) is 13.5. The van der Waals surface area contributed by atoms with Crippen LogP contribution >= 0.6 is 0 Å². The van der Waals surface area contributed by atoms with Crippen molar-refractivity contribution in [3.63, 3.8) is 0 Å². The number of halogens is 1. The van der Waals surface area contributed by atoms with E-state index in [1.54, 1.807) is 6.92 Å². The standard InChI is InChI=1S/C11H17FN2O3S/c1-2-9(15)5-6-14-18(16,17)11-7-8(13)3-4-10(11)12/h3-4,7,9,14-15H,2,5-6,13H2,1H3. The zero-order valence-corrected chi connectivity index (χ0v) is 10.9. The minimum absolute atomic E-state index is 0.0472. The quantitative estimate of drug-likeness (QED) is 0.671. The lowest BCUT2D eigenvalue weighted by Gasteiger charge is -2.10. The maximum atomic E-state index is 13.4. The van der Waals surface area contributed by atoms with Gasteiger partial charge in [0.2, 0.25) is 10.0 Å². The average Bonchev–Trinajstić information content (AvgIpc) is 2.31. The second kappa shape index (κ2) is 6.12. The Morgan fingerprint density at radius 2 is 2.17 bits per heavy atom. The van der Waals surface area contributed by atoms with Gasteiger partial charge in [-0.3, -0.25) is 0 Å². The summed E-state index contributed by atoms with van der Waals surface area (Å²) in [4.78, 5) is -0.478. The second-order valence-electron chi connectivity index (χ2n) is 3.94. The molecule has 1 aromatic rings. The van der Waals surface area contributed by atoms with Gasteiger partial charge in [-0.25, -0.2) is 17.5 Å². The lowest BCUT2D eigenvalue weighted by Crippen LogP contribution is -2.28. The highest BCUT2D eigenvalue weighted by molar-refractivity contribution is 7.89. The van der Waals surface area contributed by atoms with Crippen LogP contribution in [0.5, 0.6) is 0 Å². The van der Waals surface area contributed by atoms with Gasteiger partial charge in [-0.2, -0.15) is 0 Å². The van der Waals surface area contributed by atoms with Crippen molar-refractivity contribution in [2.75, 3.05) is 12.3 Å². The summed E-state index contributed by atoms with van der Waals surface area (Å²) >= 11 is 0. The number of anilines is 1. The van der Waals surface area contributed by atoms with Crippen molar-refractivity contribution in [1.29, 1.82) is 0 Å². The number of hydrogen-bond donors (Lipinski definition) is 3. The van der Waals surface area contributed by atoms with Crippen LogP contribution in [-0.4, -0.2) is 26.2 Å². The van der Waals surface area contributed by atoms with Gasteiger partial charge in [0.1, 0.15) is 10.7 Å². The van der Waals surface area contributed by atoms with Gasteiger partial charge in [0.05, 0.1) is 6.10 Å². The van der Waals surface area contributed by atoms with Crippen molar-refractivity contribution in [2.45, 2.75) is 30.8 Å². The molecule has 18 heavy (non-hydrogen) atoms. The fourth-order valence-corrected chi connectivity index (χ4v) is 2.53. The van der Waals surface area contributed by atoms with E-state index in [0.717, 1.165) is 12.1 Å². The lowest BCUT2D eigenvalue weighted by atomic mass is 10.2. The van der Waals surface area contributed by atoms with Crippen LogP contribution in [0, 0.1) is 5.82 Å². The summed E-state index contributed by atoms with van der Waals surface area (Å²) in [6.07, 6.45) is 0.243. The molecule has 0 amide bonds. The van der Waals surface area contributed by atoms with E-state index in [2.05, 4.69) is 4.72 Å². The minimum Gasteiger partial charge on any atom is -0.399 e. The van der Waals surface area contributed by atoms with Gasteiger partial charge in [-0.15, -0.1) is 0 Å². The maximum absolute atomic E-state index is 13.4. The summed E-state index contributed by atoms with van der Waals surface area (Å²) < 4.78 is 39.2. The molecule has 0 aliphatic carbocycles. The maximum Gasteiger partial charge on any atom is 0.243 e. The van der Waals surface area contributed by atoms with E-state index in [1.807, 2.05) is 0 Å². The number of rotatable bonds is 6. The average molecular weight is 276 g/mol. The highest BCUT2D eigenvalue weighted by Crippen LogP contribution is 2.17. The predicted molar refractivity (Wildman–Crippen MR) is 66.9 cm³/mol. The highest BCUT2D eigenvalue weighted by Gasteiger charge is 2.19. The first-order chi connectivity index (χ1) is 8.36. The van der Waals surface area contributed by atoms with E-state index in [0.29, 0.717) is 6.42 Å².